The third kappa shape index (κ3) is 3.54. The fourth-order valence-electron chi connectivity index (χ4n) is 3.50. The van der Waals surface area contributed by atoms with Crippen molar-refractivity contribution in [1.82, 2.24) is 19.9 Å². The minimum atomic E-state index is 0.308. The third-order valence-corrected chi connectivity index (χ3v) is 5.26. The predicted octanol–water partition coefficient (Wildman–Crippen LogP) is 2.72. The van der Waals surface area contributed by atoms with Crippen molar-refractivity contribution in [3.05, 3.63) is 36.3 Å². The molecule has 0 N–H and O–H groups in total. The number of nitrogens with zero attached hydrogens (tertiary/aromatic N) is 5. The van der Waals surface area contributed by atoms with Gasteiger partial charge < -0.3 is 9.80 Å². The van der Waals surface area contributed by atoms with Crippen LogP contribution in [-0.4, -0.2) is 52.9 Å². The fraction of sp³-hybridized carbons (Fsp3) is 0.500. The molecule has 0 radical (unpaired) electrons. The van der Waals surface area contributed by atoms with Gasteiger partial charge in [0.1, 0.15) is 5.82 Å². The maximum atomic E-state index is 12.3. The first-order valence-electron chi connectivity index (χ1n) is 9.37. The number of pyridine rings is 1. The van der Waals surface area contributed by atoms with Crippen LogP contribution in [-0.2, 0) is 4.79 Å². The highest BCUT2D eigenvalue weighted by Crippen LogP contribution is 2.35. The smallest absolute Gasteiger partial charge is 0.225 e. The first-order valence-corrected chi connectivity index (χ1v) is 9.37. The number of likely N-dealkylation sites (tertiary alicyclic amines) is 1. The zero-order chi connectivity index (χ0) is 18.1. The Hall–Kier alpha value is -2.50. The van der Waals surface area contributed by atoms with Crippen LogP contribution in [0.15, 0.2) is 30.6 Å². The van der Waals surface area contributed by atoms with Crippen LogP contribution >= 0.6 is 0 Å². The number of rotatable bonds is 4. The first-order chi connectivity index (χ1) is 12.6. The van der Waals surface area contributed by atoms with Crippen molar-refractivity contribution in [2.45, 2.75) is 31.6 Å². The van der Waals surface area contributed by atoms with Crippen molar-refractivity contribution >= 4 is 11.7 Å². The minimum absolute atomic E-state index is 0.308. The van der Waals surface area contributed by atoms with E-state index in [-0.39, 0.29) is 0 Å². The fourth-order valence-corrected chi connectivity index (χ4v) is 3.50. The molecule has 0 bridgehead atoms. The molecule has 2 aromatic heterocycles. The van der Waals surface area contributed by atoms with E-state index in [1.807, 2.05) is 36.0 Å². The second kappa shape index (κ2) is 7.02. The molecule has 136 valence electrons. The second-order valence-electron chi connectivity index (χ2n) is 7.48. The summed E-state index contributed by atoms with van der Waals surface area (Å²) in [4.78, 5) is 30.0. The lowest BCUT2D eigenvalue weighted by Gasteiger charge is -2.32. The maximum Gasteiger partial charge on any atom is 0.225 e. The predicted molar refractivity (Wildman–Crippen MR) is 101 cm³/mol. The van der Waals surface area contributed by atoms with Crippen LogP contribution in [0.25, 0.3) is 11.4 Å². The van der Waals surface area contributed by atoms with Gasteiger partial charge in [0.2, 0.25) is 5.91 Å². The average molecular weight is 351 g/mol. The van der Waals surface area contributed by atoms with Gasteiger partial charge in [0.15, 0.2) is 5.82 Å². The number of carbonyl (C=O) groups is 1. The van der Waals surface area contributed by atoms with E-state index in [1.54, 1.807) is 12.4 Å². The van der Waals surface area contributed by atoms with Gasteiger partial charge in [-0.05, 0) is 37.8 Å². The zero-order valence-corrected chi connectivity index (χ0v) is 15.4. The van der Waals surface area contributed by atoms with E-state index >= 15 is 0 Å². The van der Waals surface area contributed by atoms with Gasteiger partial charge in [0.25, 0.3) is 0 Å². The van der Waals surface area contributed by atoms with E-state index in [9.17, 15) is 4.79 Å². The van der Waals surface area contributed by atoms with E-state index in [4.69, 9.17) is 4.98 Å². The number of anilines is 1. The Morgan fingerprint density at radius 3 is 2.54 bits per heavy atom. The SMILES string of the molecule is CN(C)c1cc(C2CCN(C(=O)C3CC3)CC2)nc(-c2cccnc2)n1. The molecule has 2 fully saturated rings. The molecule has 1 aliphatic carbocycles. The van der Waals surface area contributed by atoms with Crippen LogP contribution in [0.2, 0.25) is 0 Å². The molecule has 2 aromatic rings. The van der Waals surface area contributed by atoms with Gasteiger partial charge in [-0.1, -0.05) is 0 Å². The summed E-state index contributed by atoms with van der Waals surface area (Å²) < 4.78 is 0. The van der Waals surface area contributed by atoms with Crippen molar-refractivity contribution in [3.8, 4) is 11.4 Å². The molecular weight excluding hydrogens is 326 g/mol. The Kier molecular flexibility index (Phi) is 4.57. The van der Waals surface area contributed by atoms with Crippen molar-refractivity contribution < 1.29 is 4.79 Å². The lowest BCUT2D eigenvalue weighted by atomic mass is 9.92. The van der Waals surface area contributed by atoms with Gasteiger partial charge in [-0.15, -0.1) is 0 Å². The first kappa shape index (κ1) is 16.9. The van der Waals surface area contributed by atoms with Crippen molar-refractivity contribution in [2.75, 3.05) is 32.1 Å². The van der Waals surface area contributed by atoms with Crippen molar-refractivity contribution in [1.29, 1.82) is 0 Å². The van der Waals surface area contributed by atoms with Crippen LogP contribution in [0.1, 0.15) is 37.3 Å². The number of aromatic nitrogens is 3. The Morgan fingerprint density at radius 2 is 1.92 bits per heavy atom. The quantitative estimate of drug-likeness (QED) is 0.847. The topological polar surface area (TPSA) is 62.2 Å². The van der Waals surface area contributed by atoms with Gasteiger partial charge in [-0.2, -0.15) is 0 Å². The molecule has 0 atom stereocenters. The van der Waals surface area contributed by atoms with Crippen LogP contribution in [0.3, 0.4) is 0 Å². The van der Waals surface area contributed by atoms with E-state index in [0.29, 0.717) is 17.7 Å². The maximum absolute atomic E-state index is 12.3. The normalized spacial score (nSPS) is 18.0. The molecule has 6 heteroatoms. The summed E-state index contributed by atoms with van der Waals surface area (Å²) in [6.07, 6.45) is 7.64. The van der Waals surface area contributed by atoms with Gasteiger partial charge in [-0.25, -0.2) is 9.97 Å². The largest absolute Gasteiger partial charge is 0.363 e. The van der Waals surface area contributed by atoms with Crippen molar-refractivity contribution in [2.24, 2.45) is 5.92 Å². The van der Waals surface area contributed by atoms with E-state index in [2.05, 4.69) is 16.0 Å². The van der Waals surface area contributed by atoms with Crippen LogP contribution in [0, 0.1) is 5.92 Å². The van der Waals surface area contributed by atoms with E-state index in [1.165, 1.54) is 0 Å². The Balaban J connectivity index is 1.56. The molecule has 0 aromatic carbocycles. The number of hydrogen-bond acceptors (Lipinski definition) is 5. The summed E-state index contributed by atoms with van der Waals surface area (Å²) in [5.41, 5.74) is 2.00. The number of carbonyl (C=O) groups excluding carboxylic acids is 1. The molecular formula is C20H25N5O. The van der Waals surface area contributed by atoms with Gasteiger partial charge >= 0.3 is 0 Å². The van der Waals surface area contributed by atoms with Crippen LogP contribution < -0.4 is 4.90 Å². The Bertz CT molecular complexity index is 780. The summed E-state index contributed by atoms with van der Waals surface area (Å²) in [6.45, 7) is 1.67. The summed E-state index contributed by atoms with van der Waals surface area (Å²) in [6, 6.07) is 5.98. The molecule has 1 saturated heterocycles. The highest BCUT2D eigenvalue weighted by Gasteiger charge is 2.35. The second-order valence-corrected chi connectivity index (χ2v) is 7.48. The highest BCUT2D eigenvalue weighted by atomic mass is 16.2. The van der Waals surface area contributed by atoms with E-state index in [0.717, 1.165) is 61.7 Å². The summed E-state index contributed by atoms with van der Waals surface area (Å²) >= 11 is 0. The number of amides is 1. The molecule has 0 unspecified atom stereocenters. The summed E-state index contributed by atoms with van der Waals surface area (Å²) in [7, 11) is 3.99. The van der Waals surface area contributed by atoms with Gasteiger partial charge in [0.05, 0.1) is 0 Å². The third-order valence-electron chi connectivity index (χ3n) is 5.26. The molecule has 1 saturated carbocycles. The molecule has 3 heterocycles. The van der Waals surface area contributed by atoms with Crippen LogP contribution in [0.4, 0.5) is 5.82 Å². The van der Waals surface area contributed by atoms with Crippen LogP contribution in [0.5, 0.6) is 0 Å². The van der Waals surface area contributed by atoms with Crippen molar-refractivity contribution in [3.63, 3.8) is 0 Å². The molecule has 6 nitrogen and oxygen atoms in total. The zero-order valence-electron chi connectivity index (χ0n) is 15.4. The summed E-state index contributed by atoms with van der Waals surface area (Å²) in [5.74, 6) is 2.66. The molecule has 1 amide bonds. The highest BCUT2D eigenvalue weighted by molar-refractivity contribution is 5.81. The molecule has 26 heavy (non-hydrogen) atoms. The number of piperidine rings is 1. The molecule has 4 rings (SSSR count). The lowest BCUT2D eigenvalue weighted by Crippen LogP contribution is -2.39. The average Bonchev–Trinajstić information content (AvgIpc) is 3.53. The molecule has 0 spiro atoms. The number of hydrogen-bond donors (Lipinski definition) is 0. The standard InChI is InChI=1S/C20H25N5O/c1-24(2)18-12-17(22-19(23-18)16-4-3-9-21-13-16)14-7-10-25(11-8-14)20(26)15-5-6-15/h3-4,9,12-15H,5-8,10-11H2,1-2H3. The molecule has 2 aliphatic rings. The van der Waals surface area contributed by atoms with Gasteiger partial charge in [-0.3, -0.25) is 9.78 Å². The monoisotopic (exact) mass is 351 g/mol. The lowest BCUT2D eigenvalue weighted by molar-refractivity contribution is -0.133. The Morgan fingerprint density at radius 1 is 1.15 bits per heavy atom. The minimum Gasteiger partial charge on any atom is -0.363 e. The summed E-state index contributed by atoms with van der Waals surface area (Å²) in [5, 5.41) is 0. The van der Waals surface area contributed by atoms with E-state index < -0.39 is 0 Å². The molecule has 1 aliphatic heterocycles. The van der Waals surface area contributed by atoms with Gasteiger partial charge in [0, 0.05) is 68.7 Å². The Labute approximate surface area is 154 Å².